The van der Waals surface area contributed by atoms with E-state index >= 15 is 0 Å². The standard InChI is InChI=1S/C21H21NO5.ClHO4/c1-22-6-5-11-7-16-20(27-10-26-16)18-12-9-15(23-2)21(25-4)19(24-3)13(12)8-14(22)17(11)18;2-1(3,4)5/h7-9H,5-6,10H2,1-4H3;(H,2,3,4,5). The lowest BCUT2D eigenvalue weighted by molar-refractivity contribution is -1.92. The zero-order chi connectivity index (χ0) is 23.2. The van der Waals surface area contributed by atoms with Gasteiger partial charge in [0.2, 0.25) is 12.5 Å². The summed E-state index contributed by atoms with van der Waals surface area (Å²) >= 11 is 0. The highest BCUT2D eigenvalue weighted by atomic mass is 35.7. The van der Waals surface area contributed by atoms with Crippen molar-refractivity contribution in [3.05, 3.63) is 23.8 Å². The van der Waals surface area contributed by atoms with Crippen LogP contribution >= 0.6 is 0 Å². The summed E-state index contributed by atoms with van der Waals surface area (Å²) < 4.78 is 61.3. The van der Waals surface area contributed by atoms with Crippen molar-refractivity contribution in [2.24, 2.45) is 0 Å². The van der Waals surface area contributed by atoms with Gasteiger partial charge in [-0.3, -0.25) is 0 Å². The van der Waals surface area contributed by atoms with Crippen molar-refractivity contribution >= 4 is 27.2 Å². The first-order chi connectivity index (χ1) is 15.2. The molecule has 0 spiro atoms. The molecule has 10 nitrogen and oxygen atoms in total. The van der Waals surface area contributed by atoms with Gasteiger partial charge >= 0.3 is 0 Å². The highest BCUT2D eigenvalue weighted by Gasteiger charge is 2.29. The molecule has 0 amide bonds. The van der Waals surface area contributed by atoms with Crippen LogP contribution in [0.25, 0.3) is 21.5 Å². The first-order valence-corrected chi connectivity index (χ1v) is 10.8. The van der Waals surface area contributed by atoms with Crippen LogP contribution in [0.4, 0.5) is 5.69 Å². The molecular weight excluding hydrogens is 446 g/mol. The Morgan fingerprint density at radius 1 is 0.938 bits per heavy atom. The minimum Gasteiger partial charge on any atom is -0.493 e. The second-order valence-electron chi connectivity index (χ2n) is 7.22. The lowest BCUT2D eigenvalue weighted by Crippen LogP contribution is -2.58. The highest BCUT2D eigenvalue weighted by Crippen LogP contribution is 2.53. The molecule has 5 rings (SSSR count). The summed E-state index contributed by atoms with van der Waals surface area (Å²) in [6, 6.07) is 6.28. The molecule has 2 aliphatic heterocycles. The summed E-state index contributed by atoms with van der Waals surface area (Å²) in [7, 11) is 2.32. The third-order valence-electron chi connectivity index (χ3n) is 5.55. The van der Waals surface area contributed by atoms with Crippen LogP contribution in [0, 0.1) is 10.2 Å². The van der Waals surface area contributed by atoms with Crippen LogP contribution in [0.1, 0.15) is 5.56 Å². The number of hydrogen-bond donors (Lipinski definition) is 1. The Bertz CT molecular complexity index is 1190. The van der Waals surface area contributed by atoms with E-state index in [4.69, 9.17) is 42.3 Å². The SMILES string of the molecule is COc1cc2c(cc3c4c(cc5c(c42)OCO5)CCN3C)c(OC)c1OC.[O-][Cl+3]([O-])([O-])O. The van der Waals surface area contributed by atoms with Crippen LogP contribution < -0.4 is 42.6 Å². The largest absolute Gasteiger partial charge is 0.493 e. The summed E-state index contributed by atoms with van der Waals surface area (Å²) in [4.78, 5) is 2.27. The van der Waals surface area contributed by atoms with Gasteiger partial charge in [-0.2, -0.15) is 14.0 Å². The molecule has 0 atom stereocenters. The van der Waals surface area contributed by atoms with E-state index in [1.807, 2.05) is 6.07 Å². The molecule has 0 unspecified atom stereocenters. The second kappa shape index (κ2) is 8.23. The summed E-state index contributed by atoms with van der Waals surface area (Å²) in [5.41, 5.74) is 2.43. The number of anilines is 1. The predicted molar refractivity (Wildman–Crippen MR) is 106 cm³/mol. The zero-order valence-corrected chi connectivity index (χ0v) is 18.6. The van der Waals surface area contributed by atoms with Crippen LogP contribution in [0.15, 0.2) is 18.2 Å². The summed E-state index contributed by atoms with van der Waals surface area (Å²) in [6.45, 7) is 1.18. The molecule has 0 saturated carbocycles. The van der Waals surface area contributed by atoms with E-state index in [2.05, 4.69) is 24.1 Å². The molecule has 11 heteroatoms. The van der Waals surface area contributed by atoms with Crippen molar-refractivity contribution in [1.82, 2.24) is 0 Å². The maximum Gasteiger partial charge on any atom is 0.231 e. The zero-order valence-electron chi connectivity index (χ0n) is 17.9. The second-order valence-corrected chi connectivity index (χ2v) is 8.02. The van der Waals surface area contributed by atoms with Crippen molar-refractivity contribution in [3.63, 3.8) is 0 Å². The van der Waals surface area contributed by atoms with Crippen molar-refractivity contribution < 1.29 is 52.6 Å². The van der Waals surface area contributed by atoms with E-state index < -0.39 is 10.2 Å². The Hall–Kier alpha value is -2.89. The fraction of sp³-hybridized carbons (Fsp3) is 0.333. The monoisotopic (exact) mass is 467 g/mol. The molecule has 0 fully saturated rings. The smallest absolute Gasteiger partial charge is 0.231 e. The maximum atomic E-state index is 8.60. The van der Waals surface area contributed by atoms with E-state index in [0.717, 1.165) is 46.3 Å². The van der Waals surface area contributed by atoms with E-state index in [-0.39, 0.29) is 6.79 Å². The lowest BCUT2D eigenvalue weighted by atomic mass is 9.90. The van der Waals surface area contributed by atoms with E-state index in [1.54, 1.807) is 21.3 Å². The van der Waals surface area contributed by atoms with Crippen molar-refractivity contribution in [2.75, 3.05) is 46.6 Å². The molecule has 0 aliphatic carbocycles. The fourth-order valence-electron chi connectivity index (χ4n) is 4.29. The number of halogens is 1. The molecular formula is C21H22ClNO9. The maximum absolute atomic E-state index is 8.60. The van der Waals surface area contributed by atoms with Gasteiger partial charge in [0.25, 0.3) is 0 Å². The lowest BCUT2D eigenvalue weighted by Gasteiger charge is -2.29. The molecule has 3 aromatic carbocycles. The molecule has 172 valence electrons. The third kappa shape index (κ3) is 3.76. The van der Waals surface area contributed by atoms with Gasteiger partial charge in [0.1, 0.15) is 0 Å². The number of fused-ring (bicyclic) bond motifs is 4. The Kier molecular flexibility index (Phi) is 5.74. The van der Waals surface area contributed by atoms with Gasteiger partial charge in [-0.25, -0.2) is 0 Å². The number of rotatable bonds is 3. The number of ether oxygens (including phenoxy) is 5. The van der Waals surface area contributed by atoms with Gasteiger partial charge < -0.3 is 28.6 Å². The summed E-state index contributed by atoms with van der Waals surface area (Å²) in [6.07, 6.45) is 0.965. The van der Waals surface area contributed by atoms with Crippen LogP contribution in [0.3, 0.4) is 0 Å². The van der Waals surface area contributed by atoms with E-state index in [9.17, 15) is 0 Å². The van der Waals surface area contributed by atoms with Gasteiger partial charge in [-0.05, 0) is 30.2 Å². The third-order valence-corrected chi connectivity index (χ3v) is 5.55. The average Bonchev–Trinajstić information content (AvgIpc) is 3.21. The minimum atomic E-state index is -4.69. The summed E-state index contributed by atoms with van der Waals surface area (Å²) in [5.74, 6) is 3.45. The Balaban J connectivity index is 0.000000444. The van der Waals surface area contributed by atoms with Crippen molar-refractivity contribution in [2.45, 2.75) is 6.42 Å². The van der Waals surface area contributed by atoms with Crippen LogP contribution in [0.2, 0.25) is 0 Å². The van der Waals surface area contributed by atoms with E-state index in [0.29, 0.717) is 17.2 Å². The van der Waals surface area contributed by atoms with Crippen LogP contribution in [-0.2, 0) is 6.42 Å². The predicted octanol–water partition coefficient (Wildman–Crippen LogP) is -0.384. The number of hydrogen-bond acceptors (Lipinski definition) is 10. The Morgan fingerprint density at radius 2 is 1.62 bits per heavy atom. The number of likely N-dealkylation sites (N-methyl/N-ethyl adjacent to an activating group) is 1. The molecule has 0 radical (unpaired) electrons. The molecule has 3 aromatic rings. The van der Waals surface area contributed by atoms with Gasteiger partial charge in [-0.15, -0.1) is 0 Å². The first-order valence-electron chi connectivity index (χ1n) is 9.53. The molecule has 2 aliphatic rings. The number of nitrogens with zero attached hydrogens (tertiary/aromatic N) is 1. The van der Waals surface area contributed by atoms with E-state index in [1.165, 1.54) is 10.9 Å². The molecule has 0 bridgehead atoms. The molecule has 32 heavy (non-hydrogen) atoms. The highest BCUT2D eigenvalue weighted by molar-refractivity contribution is 6.20. The minimum absolute atomic E-state index is 0.236. The first kappa shape index (κ1) is 22.3. The number of benzene rings is 3. The van der Waals surface area contributed by atoms with Gasteiger partial charge in [0.05, 0.1) is 36.2 Å². The van der Waals surface area contributed by atoms with Crippen LogP contribution in [-0.4, -0.2) is 46.4 Å². The van der Waals surface area contributed by atoms with Crippen molar-refractivity contribution in [1.29, 1.82) is 0 Å². The Labute approximate surface area is 185 Å². The van der Waals surface area contributed by atoms with Gasteiger partial charge in [0, 0.05) is 40.8 Å². The van der Waals surface area contributed by atoms with Crippen molar-refractivity contribution in [3.8, 4) is 28.7 Å². The summed E-state index contributed by atoms with van der Waals surface area (Å²) in [5, 5.41) is 4.21. The van der Waals surface area contributed by atoms with Gasteiger partial charge in [-0.1, -0.05) is 0 Å². The molecule has 1 N–H and O–H groups in total. The Morgan fingerprint density at radius 3 is 2.25 bits per heavy atom. The topological polar surface area (TPSA) is 139 Å². The fourth-order valence-corrected chi connectivity index (χ4v) is 4.29. The normalized spacial score (nSPS) is 14.3. The molecule has 2 heterocycles. The average molecular weight is 468 g/mol. The number of methoxy groups -OCH3 is 3. The van der Waals surface area contributed by atoms with Crippen LogP contribution in [0.5, 0.6) is 28.7 Å². The quantitative estimate of drug-likeness (QED) is 0.507. The van der Waals surface area contributed by atoms with Gasteiger partial charge in [0.15, 0.2) is 23.0 Å². The molecule has 0 aromatic heterocycles. The molecule has 0 saturated heterocycles.